The predicted molar refractivity (Wildman–Crippen MR) is 89.3 cm³/mol. The SMILES string of the molecule is CN(C)C(=O)C1CCN(C(=O)Nc2cccnc2-c2ccco2)C1. The van der Waals surface area contributed by atoms with Crippen molar-refractivity contribution in [2.24, 2.45) is 5.92 Å². The van der Waals surface area contributed by atoms with Crippen LogP contribution in [-0.4, -0.2) is 53.9 Å². The zero-order valence-electron chi connectivity index (χ0n) is 13.7. The first-order chi connectivity index (χ1) is 11.6. The Balaban J connectivity index is 1.70. The number of aromatic nitrogens is 1. The maximum atomic E-state index is 12.5. The molecule has 1 aliphatic heterocycles. The van der Waals surface area contributed by atoms with E-state index in [-0.39, 0.29) is 17.9 Å². The molecule has 1 fully saturated rings. The van der Waals surface area contributed by atoms with Gasteiger partial charge in [-0.2, -0.15) is 0 Å². The van der Waals surface area contributed by atoms with E-state index in [1.54, 1.807) is 60.6 Å². The lowest BCUT2D eigenvalue weighted by Gasteiger charge is -2.19. The monoisotopic (exact) mass is 328 g/mol. The molecular weight excluding hydrogens is 308 g/mol. The topological polar surface area (TPSA) is 78.7 Å². The van der Waals surface area contributed by atoms with Crippen molar-refractivity contribution in [3.05, 3.63) is 36.7 Å². The van der Waals surface area contributed by atoms with Crippen molar-refractivity contribution in [3.8, 4) is 11.5 Å². The standard InChI is InChI=1S/C17H20N4O3/c1-20(2)16(22)12-7-9-21(11-12)17(23)19-13-5-3-8-18-15(13)14-6-4-10-24-14/h3-6,8,10,12H,7,9,11H2,1-2H3,(H,19,23). The molecule has 1 unspecified atom stereocenters. The smallest absolute Gasteiger partial charge is 0.321 e. The lowest BCUT2D eigenvalue weighted by Crippen LogP contribution is -2.36. The molecule has 1 N–H and O–H groups in total. The maximum absolute atomic E-state index is 12.5. The Labute approximate surface area is 140 Å². The number of urea groups is 1. The number of likely N-dealkylation sites (tertiary alicyclic amines) is 1. The average Bonchev–Trinajstić information content (AvgIpc) is 3.26. The molecular formula is C17H20N4O3. The largest absolute Gasteiger partial charge is 0.463 e. The molecule has 0 spiro atoms. The first kappa shape index (κ1) is 16.0. The molecule has 0 aliphatic carbocycles. The van der Waals surface area contributed by atoms with E-state index in [4.69, 9.17) is 4.42 Å². The minimum Gasteiger partial charge on any atom is -0.463 e. The molecule has 2 aromatic rings. The molecule has 24 heavy (non-hydrogen) atoms. The van der Waals surface area contributed by atoms with Crippen LogP contribution in [0.1, 0.15) is 6.42 Å². The summed E-state index contributed by atoms with van der Waals surface area (Å²) in [4.78, 5) is 32.0. The molecule has 7 heteroatoms. The van der Waals surface area contributed by atoms with Crippen LogP contribution in [0.15, 0.2) is 41.1 Å². The van der Waals surface area contributed by atoms with Crippen molar-refractivity contribution >= 4 is 17.6 Å². The van der Waals surface area contributed by atoms with Crippen LogP contribution in [0.25, 0.3) is 11.5 Å². The molecule has 1 atom stereocenters. The lowest BCUT2D eigenvalue weighted by molar-refractivity contribution is -0.132. The van der Waals surface area contributed by atoms with E-state index < -0.39 is 0 Å². The maximum Gasteiger partial charge on any atom is 0.321 e. The van der Waals surface area contributed by atoms with Gasteiger partial charge in [-0.05, 0) is 30.7 Å². The Morgan fingerprint density at radius 3 is 2.88 bits per heavy atom. The zero-order chi connectivity index (χ0) is 17.1. The fourth-order valence-corrected chi connectivity index (χ4v) is 2.82. The molecule has 0 radical (unpaired) electrons. The third-order valence-corrected chi connectivity index (χ3v) is 4.07. The molecule has 2 aromatic heterocycles. The average molecular weight is 328 g/mol. The highest BCUT2D eigenvalue weighted by molar-refractivity contribution is 5.93. The van der Waals surface area contributed by atoms with Gasteiger partial charge in [0.1, 0.15) is 5.69 Å². The van der Waals surface area contributed by atoms with Gasteiger partial charge < -0.3 is 19.5 Å². The fraction of sp³-hybridized carbons (Fsp3) is 0.353. The Morgan fingerprint density at radius 1 is 1.33 bits per heavy atom. The number of amides is 3. The van der Waals surface area contributed by atoms with Crippen LogP contribution in [0.5, 0.6) is 0 Å². The van der Waals surface area contributed by atoms with Gasteiger partial charge in [0.25, 0.3) is 0 Å². The van der Waals surface area contributed by atoms with Gasteiger partial charge >= 0.3 is 6.03 Å². The molecule has 3 amide bonds. The van der Waals surface area contributed by atoms with E-state index in [1.807, 2.05) is 0 Å². The predicted octanol–water partition coefficient (Wildman–Crippen LogP) is 2.28. The summed E-state index contributed by atoms with van der Waals surface area (Å²) in [5, 5.41) is 2.87. The van der Waals surface area contributed by atoms with E-state index in [9.17, 15) is 9.59 Å². The number of nitrogens with one attached hydrogen (secondary N) is 1. The summed E-state index contributed by atoms with van der Waals surface area (Å²) >= 11 is 0. The van der Waals surface area contributed by atoms with E-state index in [0.29, 0.717) is 36.7 Å². The number of anilines is 1. The summed E-state index contributed by atoms with van der Waals surface area (Å²) in [6, 6.07) is 6.86. The van der Waals surface area contributed by atoms with E-state index in [2.05, 4.69) is 10.3 Å². The van der Waals surface area contributed by atoms with Crippen molar-refractivity contribution in [1.29, 1.82) is 0 Å². The first-order valence-electron chi connectivity index (χ1n) is 7.82. The molecule has 3 heterocycles. The molecule has 1 aliphatic rings. The Bertz CT molecular complexity index is 727. The minimum atomic E-state index is -0.232. The fourth-order valence-electron chi connectivity index (χ4n) is 2.82. The van der Waals surface area contributed by atoms with Crippen molar-refractivity contribution in [2.75, 3.05) is 32.5 Å². The van der Waals surface area contributed by atoms with Crippen LogP contribution in [0.4, 0.5) is 10.5 Å². The van der Waals surface area contributed by atoms with Crippen LogP contribution >= 0.6 is 0 Å². The summed E-state index contributed by atoms with van der Waals surface area (Å²) in [6.45, 7) is 0.992. The summed E-state index contributed by atoms with van der Waals surface area (Å²) in [5.41, 5.74) is 1.16. The van der Waals surface area contributed by atoms with Gasteiger partial charge in [-0.25, -0.2) is 4.79 Å². The minimum absolute atomic E-state index is 0.0583. The molecule has 1 saturated heterocycles. The molecule has 126 valence electrons. The highest BCUT2D eigenvalue weighted by Gasteiger charge is 2.32. The Kier molecular flexibility index (Phi) is 4.50. The Hall–Kier alpha value is -2.83. The molecule has 0 bridgehead atoms. The van der Waals surface area contributed by atoms with Gasteiger partial charge in [0.05, 0.1) is 17.9 Å². The second-order valence-corrected chi connectivity index (χ2v) is 5.97. The Morgan fingerprint density at radius 2 is 2.17 bits per heavy atom. The van der Waals surface area contributed by atoms with Crippen molar-refractivity contribution in [1.82, 2.24) is 14.8 Å². The number of rotatable bonds is 3. The van der Waals surface area contributed by atoms with Crippen molar-refractivity contribution < 1.29 is 14.0 Å². The molecule has 3 rings (SSSR count). The quantitative estimate of drug-likeness (QED) is 0.937. The first-order valence-corrected chi connectivity index (χ1v) is 7.82. The lowest BCUT2D eigenvalue weighted by atomic mass is 10.1. The van der Waals surface area contributed by atoms with Crippen LogP contribution in [-0.2, 0) is 4.79 Å². The number of hydrogen-bond donors (Lipinski definition) is 1. The normalized spacial score (nSPS) is 16.9. The van der Waals surface area contributed by atoms with Crippen LogP contribution in [0.2, 0.25) is 0 Å². The molecule has 0 aromatic carbocycles. The number of hydrogen-bond acceptors (Lipinski definition) is 4. The zero-order valence-corrected chi connectivity index (χ0v) is 13.7. The summed E-state index contributed by atoms with van der Waals surface area (Å²) < 4.78 is 5.36. The van der Waals surface area contributed by atoms with Crippen LogP contribution < -0.4 is 5.32 Å². The highest BCUT2D eigenvalue weighted by Crippen LogP contribution is 2.26. The third-order valence-electron chi connectivity index (χ3n) is 4.07. The van der Waals surface area contributed by atoms with Gasteiger partial charge in [-0.1, -0.05) is 0 Å². The summed E-state index contributed by atoms with van der Waals surface area (Å²) in [7, 11) is 3.46. The van der Waals surface area contributed by atoms with Crippen molar-refractivity contribution in [2.45, 2.75) is 6.42 Å². The molecule has 7 nitrogen and oxygen atoms in total. The van der Waals surface area contributed by atoms with Crippen molar-refractivity contribution in [3.63, 3.8) is 0 Å². The molecule has 0 saturated carbocycles. The van der Waals surface area contributed by atoms with Gasteiger partial charge in [-0.15, -0.1) is 0 Å². The van der Waals surface area contributed by atoms with Gasteiger partial charge in [0, 0.05) is 33.4 Å². The van der Waals surface area contributed by atoms with E-state index in [1.165, 1.54) is 0 Å². The van der Waals surface area contributed by atoms with Gasteiger partial charge in [-0.3, -0.25) is 9.78 Å². The second-order valence-electron chi connectivity index (χ2n) is 5.97. The highest BCUT2D eigenvalue weighted by atomic mass is 16.3. The number of pyridine rings is 1. The van der Waals surface area contributed by atoms with Crippen LogP contribution in [0.3, 0.4) is 0 Å². The third kappa shape index (κ3) is 3.24. The summed E-state index contributed by atoms with van der Waals surface area (Å²) in [5.74, 6) is 0.514. The number of nitrogens with zero attached hydrogens (tertiary/aromatic N) is 3. The second kappa shape index (κ2) is 6.74. The van der Waals surface area contributed by atoms with Crippen LogP contribution in [0, 0.1) is 5.92 Å². The summed E-state index contributed by atoms with van der Waals surface area (Å²) in [6.07, 6.45) is 3.89. The van der Waals surface area contributed by atoms with E-state index in [0.717, 1.165) is 0 Å². The van der Waals surface area contributed by atoms with Gasteiger partial charge in [0.2, 0.25) is 5.91 Å². The number of carbonyl (C=O) groups is 2. The number of carbonyl (C=O) groups excluding carboxylic acids is 2. The van der Waals surface area contributed by atoms with Gasteiger partial charge in [0.15, 0.2) is 5.76 Å². The van der Waals surface area contributed by atoms with E-state index >= 15 is 0 Å². The number of furan rings is 1.